The molecule has 7 nitrogen and oxygen atoms in total. The Morgan fingerprint density at radius 2 is 1.82 bits per heavy atom. The van der Waals surface area contributed by atoms with E-state index < -0.39 is 17.0 Å². The summed E-state index contributed by atoms with van der Waals surface area (Å²) >= 11 is 0. The van der Waals surface area contributed by atoms with Crippen LogP contribution in [0.1, 0.15) is 54.9 Å². The first-order valence-corrected chi connectivity index (χ1v) is 12.8. The highest BCUT2D eigenvalue weighted by atomic mass is 32.2. The molecule has 1 aliphatic heterocycles. The van der Waals surface area contributed by atoms with Crippen molar-refractivity contribution in [2.75, 3.05) is 37.7 Å². The van der Waals surface area contributed by atoms with Crippen LogP contribution in [0.25, 0.3) is 0 Å². The van der Waals surface area contributed by atoms with Crippen LogP contribution in [-0.4, -0.2) is 57.5 Å². The van der Waals surface area contributed by atoms with Crippen molar-refractivity contribution in [2.45, 2.75) is 50.5 Å². The molecule has 0 spiro atoms. The van der Waals surface area contributed by atoms with Crippen LogP contribution < -0.4 is 9.64 Å². The van der Waals surface area contributed by atoms with E-state index in [0.717, 1.165) is 31.2 Å². The number of carboxylic acids is 1. The summed E-state index contributed by atoms with van der Waals surface area (Å²) < 4.78 is 21.7. The Morgan fingerprint density at radius 1 is 1.12 bits per heavy atom. The first kappa shape index (κ1) is 25.2. The van der Waals surface area contributed by atoms with Gasteiger partial charge in [-0.15, -0.1) is 0 Å². The van der Waals surface area contributed by atoms with Gasteiger partial charge < -0.3 is 19.8 Å². The van der Waals surface area contributed by atoms with Gasteiger partial charge in [-0.25, -0.2) is 13.3 Å². The summed E-state index contributed by atoms with van der Waals surface area (Å²) in [4.78, 5) is 14.4. The maximum Gasteiger partial charge on any atom is 0.335 e. The van der Waals surface area contributed by atoms with Crippen LogP contribution in [0, 0.1) is 0 Å². The fourth-order valence-electron chi connectivity index (χ4n) is 3.91. The van der Waals surface area contributed by atoms with Crippen molar-refractivity contribution in [3.8, 4) is 5.75 Å². The number of ether oxygens (including phenoxy) is 1. The highest BCUT2D eigenvalue weighted by Gasteiger charge is 2.27. The number of carbonyl (C=O) groups is 1. The summed E-state index contributed by atoms with van der Waals surface area (Å²) in [6, 6.07) is 12.8. The monoisotopic (exact) mass is 474 g/mol. The Balaban J connectivity index is 2.09. The van der Waals surface area contributed by atoms with Crippen molar-refractivity contribution in [1.82, 2.24) is 4.31 Å². The average molecular weight is 475 g/mol. The number of benzene rings is 2. The van der Waals surface area contributed by atoms with Gasteiger partial charge in [-0.3, -0.25) is 0 Å². The third-order valence-electron chi connectivity index (χ3n) is 5.70. The lowest BCUT2D eigenvalue weighted by atomic mass is 10.1. The van der Waals surface area contributed by atoms with Crippen molar-refractivity contribution in [2.24, 2.45) is 0 Å². The average Bonchev–Trinajstić information content (AvgIpc) is 3.38. The number of aliphatic hydroxyl groups excluding tert-OH is 1. The maximum atomic E-state index is 13.6. The van der Waals surface area contributed by atoms with Gasteiger partial charge in [0.15, 0.2) is 5.75 Å². The smallest absolute Gasteiger partial charge is 0.335 e. The summed E-state index contributed by atoms with van der Waals surface area (Å²) in [6.45, 7) is 5.08. The fourth-order valence-corrected chi connectivity index (χ4v) is 5.32. The zero-order valence-electron chi connectivity index (χ0n) is 19.2. The quantitative estimate of drug-likeness (QED) is 0.455. The molecule has 8 heteroatoms. The van der Waals surface area contributed by atoms with E-state index in [2.05, 4.69) is 11.8 Å². The largest absolute Gasteiger partial charge is 0.485 e. The van der Waals surface area contributed by atoms with E-state index in [4.69, 9.17) is 4.74 Å². The second kappa shape index (κ2) is 12.7. The molecule has 2 aromatic rings. The number of hydrogen-bond donors (Lipinski definition) is 2. The number of rotatable bonds is 13. The number of anilines is 1. The Morgan fingerprint density at radius 3 is 2.45 bits per heavy atom. The molecule has 33 heavy (non-hydrogen) atoms. The van der Waals surface area contributed by atoms with Crippen LogP contribution in [0.15, 0.2) is 47.4 Å². The van der Waals surface area contributed by atoms with Crippen LogP contribution in [-0.2, 0) is 17.6 Å². The minimum atomic E-state index is -1.52. The van der Waals surface area contributed by atoms with Crippen LogP contribution in [0.3, 0.4) is 0 Å². The minimum Gasteiger partial charge on any atom is -0.485 e. The van der Waals surface area contributed by atoms with Gasteiger partial charge in [-0.1, -0.05) is 43.7 Å². The predicted octanol–water partition coefficient (Wildman–Crippen LogP) is 4.07. The molecule has 0 aromatic heterocycles. The normalized spacial score (nSPS) is 14.8. The third kappa shape index (κ3) is 6.79. The second-order valence-electron chi connectivity index (χ2n) is 8.21. The van der Waals surface area contributed by atoms with Crippen LogP contribution in [0.4, 0.5) is 5.69 Å². The van der Waals surface area contributed by atoms with Crippen molar-refractivity contribution in [3.05, 3.63) is 53.6 Å². The van der Waals surface area contributed by atoms with E-state index in [0.29, 0.717) is 48.9 Å². The molecular formula is C25H34N2O5S. The van der Waals surface area contributed by atoms with Gasteiger partial charge in [0.1, 0.15) is 17.6 Å². The number of aliphatic hydroxyl groups is 1. The zero-order chi connectivity index (χ0) is 23.6. The SMILES string of the molecule is CCCCN(CCCO)c1cc(C(=O)O)cc(S(=O)N2CCCC2)c1OCc1ccccc1. The third-order valence-corrected chi connectivity index (χ3v) is 7.22. The number of nitrogens with zero attached hydrogens (tertiary/aromatic N) is 2. The summed E-state index contributed by atoms with van der Waals surface area (Å²) in [5.41, 5.74) is 1.68. The summed E-state index contributed by atoms with van der Waals surface area (Å²) in [7, 11) is -1.52. The lowest BCUT2D eigenvalue weighted by Crippen LogP contribution is -2.28. The summed E-state index contributed by atoms with van der Waals surface area (Å²) in [5, 5.41) is 19.2. The van der Waals surface area contributed by atoms with Crippen molar-refractivity contribution >= 4 is 22.6 Å². The topological polar surface area (TPSA) is 90.3 Å². The van der Waals surface area contributed by atoms with E-state index in [-0.39, 0.29) is 18.8 Å². The second-order valence-corrected chi connectivity index (χ2v) is 9.66. The summed E-state index contributed by atoms with van der Waals surface area (Å²) in [5.74, 6) is -0.605. The molecule has 2 aromatic carbocycles. The van der Waals surface area contributed by atoms with E-state index in [1.54, 1.807) is 6.07 Å². The molecule has 1 aliphatic rings. The molecule has 1 fully saturated rings. The summed E-state index contributed by atoms with van der Waals surface area (Å²) in [6.07, 6.45) is 4.36. The lowest BCUT2D eigenvalue weighted by molar-refractivity contribution is 0.0696. The van der Waals surface area contributed by atoms with Crippen molar-refractivity contribution in [3.63, 3.8) is 0 Å². The molecule has 3 rings (SSSR count). The first-order chi connectivity index (χ1) is 16.0. The van der Waals surface area contributed by atoms with E-state index >= 15 is 0 Å². The highest BCUT2D eigenvalue weighted by molar-refractivity contribution is 7.82. The molecule has 180 valence electrons. The molecule has 1 heterocycles. The fraction of sp³-hybridized carbons (Fsp3) is 0.480. The highest BCUT2D eigenvalue weighted by Crippen LogP contribution is 2.38. The van der Waals surface area contributed by atoms with Gasteiger partial charge in [0.2, 0.25) is 0 Å². The minimum absolute atomic E-state index is 0.0357. The van der Waals surface area contributed by atoms with E-state index in [9.17, 15) is 19.2 Å². The molecule has 0 radical (unpaired) electrons. The van der Waals surface area contributed by atoms with Gasteiger partial charge in [0, 0.05) is 32.8 Å². The molecule has 1 saturated heterocycles. The molecule has 0 amide bonds. The number of aromatic carboxylic acids is 1. The Labute approximate surface area is 198 Å². The van der Waals surface area contributed by atoms with E-state index in [1.165, 1.54) is 6.07 Å². The standard InChI is InChI=1S/C25H34N2O5S/c1-2-3-12-26(13-9-16-28)22-17-21(25(29)30)18-23(33(31)27-14-7-8-15-27)24(22)32-19-20-10-5-4-6-11-20/h4-6,10-11,17-18,28H,2-3,7-9,12-16,19H2,1H3,(H,29,30). The number of hydrogen-bond acceptors (Lipinski definition) is 5. The van der Waals surface area contributed by atoms with Gasteiger partial charge >= 0.3 is 5.97 Å². The molecule has 0 saturated carbocycles. The van der Waals surface area contributed by atoms with Gasteiger partial charge in [-0.2, -0.15) is 0 Å². The van der Waals surface area contributed by atoms with Gasteiger partial charge in [-0.05, 0) is 43.4 Å². The van der Waals surface area contributed by atoms with Gasteiger partial charge in [0.25, 0.3) is 0 Å². The maximum absolute atomic E-state index is 13.6. The van der Waals surface area contributed by atoms with Crippen LogP contribution in [0.2, 0.25) is 0 Å². The van der Waals surface area contributed by atoms with Crippen LogP contribution in [0.5, 0.6) is 5.75 Å². The molecule has 0 aliphatic carbocycles. The molecule has 0 bridgehead atoms. The van der Waals surface area contributed by atoms with Crippen molar-refractivity contribution in [1.29, 1.82) is 0 Å². The molecule has 1 unspecified atom stereocenters. The molecular weight excluding hydrogens is 440 g/mol. The van der Waals surface area contributed by atoms with E-state index in [1.807, 2.05) is 34.6 Å². The molecule has 2 N–H and O–H groups in total. The van der Waals surface area contributed by atoms with Gasteiger partial charge in [0.05, 0.1) is 16.1 Å². The Kier molecular flexibility index (Phi) is 9.72. The van der Waals surface area contributed by atoms with Crippen molar-refractivity contribution < 1.29 is 24.0 Å². The Bertz CT molecular complexity index is 924. The lowest BCUT2D eigenvalue weighted by Gasteiger charge is -2.29. The first-order valence-electron chi connectivity index (χ1n) is 11.7. The zero-order valence-corrected chi connectivity index (χ0v) is 20.1. The predicted molar refractivity (Wildman–Crippen MR) is 130 cm³/mol. The number of carboxylic acid groups (broad SMARTS) is 1. The number of unbranched alkanes of at least 4 members (excludes halogenated alkanes) is 1. The molecule has 1 atom stereocenters. The van der Waals surface area contributed by atoms with Crippen LogP contribution >= 0.6 is 0 Å². The Hall–Kier alpha value is -2.42.